The molecule has 0 aromatic carbocycles. The molecule has 0 radical (unpaired) electrons. The first kappa shape index (κ1) is 8.90. The van der Waals surface area contributed by atoms with E-state index in [1.807, 2.05) is 0 Å². The van der Waals surface area contributed by atoms with Gasteiger partial charge >= 0.3 is 6.03 Å². The number of rotatable bonds is 3. The molecule has 1 unspecified atom stereocenters. The van der Waals surface area contributed by atoms with Gasteiger partial charge in [0.25, 0.3) is 0 Å². The fourth-order valence-corrected chi connectivity index (χ4v) is 0.438. The summed E-state index contributed by atoms with van der Waals surface area (Å²) in [6.07, 6.45) is 1.16. The summed E-state index contributed by atoms with van der Waals surface area (Å²) in [6, 6.07) is -1.00. The molecule has 0 fully saturated rings. The molecule has 10 heavy (non-hydrogen) atoms. The van der Waals surface area contributed by atoms with Gasteiger partial charge in [0.2, 0.25) is 0 Å². The zero-order valence-electron chi connectivity index (χ0n) is 5.03. The third-order valence-electron chi connectivity index (χ3n) is 0.742. The fraction of sp³-hybridized carbons (Fsp3) is 0.250. The molecular formula is C4H6ClN3O2. The summed E-state index contributed by atoms with van der Waals surface area (Å²) in [5.74, 6) is 0. The fourth-order valence-electron chi connectivity index (χ4n) is 0.307. The monoisotopic (exact) mass is 163 g/mol. The quantitative estimate of drug-likeness (QED) is 0.220. The second-order valence-corrected chi connectivity index (χ2v) is 1.82. The van der Waals surface area contributed by atoms with Gasteiger partial charge in [0.15, 0.2) is 5.50 Å². The molecule has 0 aromatic heterocycles. The Morgan fingerprint density at radius 2 is 2.40 bits per heavy atom. The summed E-state index contributed by atoms with van der Waals surface area (Å²) in [5, 5.41) is 2.63. The van der Waals surface area contributed by atoms with Crippen molar-refractivity contribution < 1.29 is 4.79 Å². The Bertz CT molecular complexity index is 161. The Labute approximate surface area is 62.4 Å². The van der Waals surface area contributed by atoms with Gasteiger partial charge in [-0.25, -0.2) is 4.79 Å². The molecule has 0 aliphatic heterocycles. The third-order valence-corrected chi connectivity index (χ3v) is 1.10. The molecule has 0 spiro atoms. The minimum Gasteiger partial charge on any atom is -0.350 e. The molecule has 0 aromatic rings. The van der Waals surface area contributed by atoms with Gasteiger partial charge in [-0.3, -0.25) is 0 Å². The maximum Gasteiger partial charge on any atom is 0.339 e. The van der Waals surface area contributed by atoms with Gasteiger partial charge in [0.1, 0.15) is 0 Å². The van der Waals surface area contributed by atoms with Crippen LogP contribution in [-0.2, 0) is 0 Å². The van der Waals surface area contributed by atoms with Gasteiger partial charge in [0, 0.05) is 0 Å². The summed E-state index contributed by atoms with van der Waals surface area (Å²) in [4.78, 5) is 20.0. The van der Waals surface area contributed by atoms with Gasteiger partial charge in [-0.2, -0.15) is 5.01 Å². The van der Waals surface area contributed by atoms with E-state index < -0.39 is 11.5 Å². The highest BCUT2D eigenvalue weighted by Gasteiger charge is 2.16. The summed E-state index contributed by atoms with van der Waals surface area (Å²) < 4.78 is 0. The number of alkyl halides is 1. The largest absolute Gasteiger partial charge is 0.350 e. The van der Waals surface area contributed by atoms with Crippen molar-refractivity contribution in [3.05, 3.63) is 17.6 Å². The first-order valence-electron chi connectivity index (χ1n) is 2.32. The van der Waals surface area contributed by atoms with Crippen molar-refractivity contribution in [2.45, 2.75) is 5.50 Å². The predicted octanol–water partition coefficient (Wildman–Crippen LogP) is 0.799. The number of primary amides is 1. The van der Waals surface area contributed by atoms with Gasteiger partial charge in [-0.05, 0) is 0 Å². The van der Waals surface area contributed by atoms with Gasteiger partial charge in [-0.1, -0.05) is 24.3 Å². The molecule has 2 amide bonds. The second kappa shape index (κ2) is 3.84. The van der Waals surface area contributed by atoms with Crippen LogP contribution < -0.4 is 5.73 Å². The van der Waals surface area contributed by atoms with Crippen LogP contribution >= 0.6 is 11.6 Å². The van der Waals surface area contributed by atoms with Crippen molar-refractivity contribution in [3.8, 4) is 0 Å². The van der Waals surface area contributed by atoms with Crippen LogP contribution in [0.4, 0.5) is 4.79 Å². The maximum absolute atomic E-state index is 10.3. The predicted molar refractivity (Wildman–Crippen MR) is 37.1 cm³/mol. The maximum atomic E-state index is 10.3. The van der Waals surface area contributed by atoms with E-state index in [1.165, 1.54) is 0 Å². The molecular weight excluding hydrogens is 158 g/mol. The van der Waals surface area contributed by atoms with Crippen LogP contribution in [0.3, 0.4) is 0 Å². The highest BCUT2D eigenvalue weighted by atomic mass is 35.5. The van der Waals surface area contributed by atoms with E-state index in [0.717, 1.165) is 6.08 Å². The Morgan fingerprint density at radius 3 is 2.50 bits per heavy atom. The topological polar surface area (TPSA) is 75.8 Å². The highest BCUT2D eigenvalue weighted by molar-refractivity contribution is 6.22. The van der Waals surface area contributed by atoms with Gasteiger partial charge in [-0.15, -0.1) is 4.91 Å². The summed E-state index contributed by atoms with van der Waals surface area (Å²) in [6.45, 7) is 3.23. The van der Waals surface area contributed by atoms with E-state index in [4.69, 9.17) is 11.6 Å². The number of carbonyl (C=O) groups excluding carboxylic acids is 1. The molecule has 0 saturated carbocycles. The molecule has 0 heterocycles. The molecule has 56 valence electrons. The molecule has 6 heteroatoms. The standard InChI is InChI=1S/C4H6ClN3O2/c1-2-3(5)8(7-10)4(6)9/h2-3H,1H2,(H2,6,9). The minimum atomic E-state index is -1.00. The number of hydrogen-bond acceptors (Lipinski definition) is 3. The van der Waals surface area contributed by atoms with E-state index in [0.29, 0.717) is 5.01 Å². The van der Waals surface area contributed by atoms with Crippen LogP contribution in [0.15, 0.2) is 17.9 Å². The SMILES string of the molecule is C=CC(Cl)N(N=O)C(N)=O. The van der Waals surface area contributed by atoms with E-state index in [2.05, 4.69) is 17.6 Å². The Kier molecular flexibility index (Phi) is 3.42. The van der Waals surface area contributed by atoms with Crippen molar-refractivity contribution in [3.63, 3.8) is 0 Å². The van der Waals surface area contributed by atoms with E-state index in [-0.39, 0.29) is 0 Å². The van der Waals surface area contributed by atoms with Gasteiger partial charge in [0.05, 0.1) is 5.29 Å². The summed E-state index contributed by atoms with van der Waals surface area (Å²) in [5.41, 5.74) is 3.71. The molecule has 1 atom stereocenters. The molecule has 0 aliphatic rings. The number of nitrogens with zero attached hydrogens (tertiary/aromatic N) is 2. The van der Waals surface area contributed by atoms with E-state index in [1.54, 1.807) is 0 Å². The van der Waals surface area contributed by atoms with Crippen LogP contribution in [0.5, 0.6) is 0 Å². The number of halogens is 1. The Balaban J connectivity index is 4.19. The lowest BCUT2D eigenvalue weighted by atomic mass is 10.6. The van der Waals surface area contributed by atoms with Crippen molar-refractivity contribution in [2.24, 2.45) is 11.0 Å². The number of amides is 2. The number of nitrogens with two attached hydrogens (primary N) is 1. The first-order valence-corrected chi connectivity index (χ1v) is 2.75. The number of urea groups is 1. The van der Waals surface area contributed by atoms with Crippen LogP contribution in [-0.4, -0.2) is 16.5 Å². The first-order chi connectivity index (χ1) is 4.63. The summed E-state index contributed by atoms with van der Waals surface area (Å²) >= 11 is 5.34. The Morgan fingerprint density at radius 1 is 1.90 bits per heavy atom. The average Bonchev–Trinajstić information content (AvgIpc) is 1.88. The lowest BCUT2D eigenvalue weighted by Gasteiger charge is -2.11. The molecule has 5 nitrogen and oxygen atoms in total. The van der Waals surface area contributed by atoms with Crippen LogP contribution in [0, 0.1) is 4.91 Å². The zero-order valence-corrected chi connectivity index (χ0v) is 5.78. The lowest BCUT2D eigenvalue weighted by molar-refractivity contribution is 0.210. The number of hydrogen-bond donors (Lipinski definition) is 1. The number of carbonyl (C=O) groups is 1. The average molecular weight is 164 g/mol. The second-order valence-electron chi connectivity index (χ2n) is 1.37. The van der Waals surface area contributed by atoms with Crippen LogP contribution in [0.25, 0.3) is 0 Å². The zero-order chi connectivity index (χ0) is 8.15. The molecule has 0 rings (SSSR count). The highest BCUT2D eigenvalue weighted by Crippen LogP contribution is 2.04. The number of nitroso groups, excluding NO2 is 1. The molecule has 0 aliphatic carbocycles. The van der Waals surface area contributed by atoms with Crippen LogP contribution in [0.2, 0.25) is 0 Å². The minimum absolute atomic E-state index is 0.370. The van der Waals surface area contributed by atoms with Crippen molar-refractivity contribution in [1.82, 2.24) is 5.01 Å². The van der Waals surface area contributed by atoms with Gasteiger partial charge < -0.3 is 5.73 Å². The third kappa shape index (κ3) is 2.02. The Hall–Kier alpha value is -1.10. The van der Waals surface area contributed by atoms with E-state index >= 15 is 0 Å². The summed E-state index contributed by atoms with van der Waals surface area (Å²) in [7, 11) is 0. The normalized spacial score (nSPS) is 11.7. The van der Waals surface area contributed by atoms with Crippen molar-refractivity contribution in [2.75, 3.05) is 0 Å². The lowest BCUT2D eigenvalue weighted by Crippen LogP contribution is -2.35. The van der Waals surface area contributed by atoms with Crippen molar-refractivity contribution in [1.29, 1.82) is 0 Å². The van der Waals surface area contributed by atoms with Crippen LogP contribution in [0.1, 0.15) is 0 Å². The molecule has 2 N–H and O–H groups in total. The molecule has 0 saturated heterocycles. The smallest absolute Gasteiger partial charge is 0.339 e. The van der Waals surface area contributed by atoms with Crippen molar-refractivity contribution >= 4 is 17.6 Å². The van der Waals surface area contributed by atoms with E-state index in [9.17, 15) is 9.70 Å². The molecule has 0 bridgehead atoms.